The second kappa shape index (κ2) is 5.36. The van der Waals surface area contributed by atoms with Crippen LogP contribution in [0.2, 0.25) is 0 Å². The summed E-state index contributed by atoms with van der Waals surface area (Å²) in [6, 6.07) is 2.32. The van der Waals surface area contributed by atoms with Crippen LogP contribution < -0.4 is 10.1 Å². The minimum absolute atomic E-state index is 0.231. The van der Waals surface area contributed by atoms with Crippen molar-refractivity contribution >= 4 is 15.9 Å². The van der Waals surface area contributed by atoms with Gasteiger partial charge in [0.25, 0.3) is 0 Å². The predicted molar refractivity (Wildman–Crippen MR) is 70.1 cm³/mol. The zero-order chi connectivity index (χ0) is 12.4. The standard InChI is InChI=1S/C13H17BrFNO/c1-8-12(15)11(14)7-9(13(8)17-2)6-10-4-3-5-16-10/h7,10,16H,3-6H2,1-2H3. The largest absolute Gasteiger partial charge is 0.496 e. The lowest BCUT2D eigenvalue weighted by atomic mass is 10.0. The third-order valence-electron chi connectivity index (χ3n) is 3.30. The van der Waals surface area contributed by atoms with Gasteiger partial charge in [0.15, 0.2) is 0 Å². The number of hydrogen-bond donors (Lipinski definition) is 1. The first-order valence-corrected chi connectivity index (χ1v) is 6.67. The lowest BCUT2D eigenvalue weighted by Crippen LogP contribution is -2.24. The molecule has 1 saturated heterocycles. The van der Waals surface area contributed by atoms with Crippen LogP contribution in [0.5, 0.6) is 5.75 Å². The van der Waals surface area contributed by atoms with Crippen molar-refractivity contribution in [3.8, 4) is 5.75 Å². The fraction of sp³-hybridized carbons (Fsp3) is 0.538. The van der Waals surface area contributed by atoms with Crippen molar-refractivity contribution in [2.75, 3.05) is 13.7 Å². The van der Waals surface area contributed by atoms with Crippen molar-refractivity contribution in [3.05, 3.63) is 27.5 Å². The number of ether oxygens (including phenoxy) is 1. The van der Waals surface area contributed by atoms with Gasteiger partial charge in [0.05, 0.1) is 11.6 Å². The SMILES string of the molecule is COc1c(CC2CCCN2)cc(Br)c(F)c1C. The van der Waals surface area contributed by atoms with E-state index in [0.29, 0.717) is 21.8 Å². The van der Waals surface area contributed by atoms with Crippen molar-refractivity contribution in [2.24, 2.45) is 0 Å². The van der Waals surface area contributed by atoms with E-state index in [1.165, 1.54) is 12.8 Å². The average Bonchev–Trinajstić information content (AvgIpc) is 2.79. The first-order chi connectivity index (χ1) is 8.13. The maximum atomic E-state index is 13.7. The van der Waals surface area contributed by atoms with Crippen LogP contribution in [0, 0.1) is 12.7 Å². The van der Waals surface area contributed by atoms with E-state index in [0.717, 1.165) is 18.5 Å². The molecule has 0 amide bonds. The number of halogens is 2. The predicted octanol–water partition coefficient (Wildman–Crippen LogP) is 3.20. The highest BCUT2D eigenvalue weighted by Crippen LogP contribution is 2.32. The Hall–Kier alpha value is -0.610. The lowest BCUT2D eigenvalue weighted by Gasteiger charge is -2.16. The van der Waals surface area contributed by atoms with Gasteiger partial charge in [0.2, 0.25) is 0 Å². The van der Waals surface area contributed by atoms with Crippen molar-refractivity contribution in [1.29, 1.82) is 0 Å². The van der Waals surface area contributed by atoms with Crippen LogP contribution >= 0.6 is 15.9 Å². The molecule has 0 radical (unpaired) electrons. The quantitative estimate of drug-likeness (QED) is 0.926. The van der Waals surface area contributed by atoms with Crippen molar-refractivity contribution < 1.29 is 9.13 Å². The summed E-state index contributed by atoms with van der Waals surface area (Å²) in [5.74, 6) is 0.449. The lowest BCUT2D eigenvalue weighted by molar-refractivity contribution is 0.398. The van der Waals surface area contributed by atoms with Gasteiger partial charge in [-0.15, -0.1) is 0 Å². The molecule has 1 atom stereocenters. The van der Waals surface area contributed by atoms with Gasteiger partial charge in [-0.1, -0.05) is 0 Å². The zero-order valence-corrected chi connectivity index (χ0v) is 11.7. The van der Waals surface area contributed by atoms with E-state index in [4.69, 9.17) is 4.74 Å². The number of benzene rings is 1. The molecule has 1 unspecified atom stereocenters. The third kappa shape index (κ3) is 2.63. The van der Waals surface area contributed by atoms with Crippen LogP contribution in [0.25, 0.3) is 0 Å². The molecule has 0 spiro atoms. The molecule has 0 bridgehead atoms. The van der Waals surface area contributed by atoms with Crippen LogP contribution in [0.3, 0.4) is 0 Å². The number of methoxy groups -OCH3 is 1. The Kier molecular flexibility index (Phi) is 4.05. The Bertz CT molecular complexity index is 416. The Labute approximate surface area is 110 Å². The smallest absolute Gasteiger partial charge is 0.143 e. The average molecular weight is 302 g/mol. The molecule has 4 heteroatoms. The highest BCUT2D eigenvalue weighted by atomic mass is 79.9. The van der Waals surface area contributed by atoms with Crippen molar-refractivity contribution in [1.82, 2.24) is 5.32 Å². The van der Waals surface area contributed by atoms with E-state index in [1.54, 1.807) is 14.0 Å². The molecule has 2 nitrogen and oxygen atoms in total. The van der Waals surface area contributed by atoms with E-state index in [2.05, 4.69) is 21.2 Å². The van der Waals surface area contributed by atoms with E-state index in [9.17, 15) is 4.39 Å². The summed E-state index contributed by atoms with van der Waals surface area (Å²) in [6.07, 6.45) is 3.29. The fourth-order valence-corrected chi connectivity index (χ4v) is 3.01. The summed E-state index contributed by atoms with van der Waals surface area (Å²) in [4.78, 5) is 0. The van der Waals surface area contributed by atoms with Gasteiger partial charge in [-0.2, -0.15) is 0 Å². The van der Waals surface area contributed by atoms with Crippen LogP contribution in [-0.4, -0.2) is 19.7 Å². The van der Waals surface area contributed by atoms with Gasteiger partial charge in [0.1, 0.15) is 11.6 Å². The van der Waals surface area contributed by atoms with Gasteiger partial charge >= 0.3 is 0 Å². The van der Waals surface area contributed by atoms with Crippen molar-refractivity contribution in [2.45, 2.75) is 32.2 Å². The second-order valence-corrected chi connectivity index (χ2v) is 5.34. The Balaban J connectivity index is 2.31. The highest BCUT2D eigenvalue weighted by Gasteiger charge is 2.20. The summed E-state index contributed by atoms with van der Waals surface area (Å²) in [6.45, 7) is 2.83. The van der Waals surface area contributed by atoms with Gasteiger partial charge in [-0.3, -0.25) is 0 Å². The first-order valence-electron chi connectivity index (χ1n) is 5.88. The molecule has 1 aromatic rings. The fourth-order valence-electron chi connectivity index (χ4n) is 2.43. The Morgan fingerprint density at radius 2 is 2.35 bits per heavy atom. The molecule has 94 valence electrons. The molecule has 1 aliphatic rings. The van der Waals surface area contributed by atoms with Crippen LogP contribution in [0.15, 0.2) is 10.5 Å². The van der Waals surface area contributed by atoms with Crippen LogP contribution in [0.1, 0.15) is 24.0 Å². The van der Waals surface area contributed by atoms with Crippen LogP contribution in [-0.2, 0) is 6.42 Å². The maximum absolute atomic E-state index is 13.7. The minimum Gasteiger partial charge on any atom is -0.496 e. The van der Waals surface area contributed by atoms with Gasteiger partial charge in [-0.05, 0) is 60.3 Å². The molecule has 2 rings (SSSR count). The number of rotatable bonds is 3. The molecule has 17 heavy (non-hydrogen) atoms. The second-order valence-electron chi connectivity index (χ2n) is 4.49. The number of hydrogen-bond acceptors (Lipinski definition) is 2. The van der Waals surface area contributed by atoms with E-state index >= 15 is 0 Å². The molecule has 0 aliphatic carbocycles. The van der Waals surface area contributed by atoms with E-state index in [-0.39, 0.29) is 5.82 Å². The molecular formula is C13H17BrFNO. The zero-order valence-electron chi connectivity index (χ0n) is 10.1. The summed E-state index contributed by atoms with van der Waals surface area (Å²) < 4.78 is 19.6. The number of nitrogens with one attached hydrogen (secondary N) is 1. The van der Waals surface area contributed by atoms with Crippen LogP contribution in [0.4, 0.5) is 4.39 Å². The summed E-state index contributed by atoms with van der Waals surface area (Å²) in [5.41, 5.74) is 1.65. The minimum atomic E-state index is -0.231. The molecule has 1 N–H and O–H groups in total. The van der Waals surface area contributed by atoms with Gasteiger partial charge < -0.3 is 10.1 Å². The van der Waals surface area contributed by atoms with Gasteiger partial charge in [0, 0.05) is 11.6 Å². The molecule has 1 aromatic carbocycles. The first kappa shape index (κ1) is 12.8. The molecule has 1 fully saturated rings. The van der Waals surface area contributed by atoms with E-state index < -0.39 is 0 Å². The molecule has 1 aliphatic heterocycles. The Morgan fingerprint density at radius 1 is 1.59 bits per heavy atom. The summed E-state index contributed by atoms with van der Waals surface area (Å²) in [5, 5.41) is 3.45. The molecular weight excluding hydrogens is 285 g/mol. The topological polar surface area (TPSA) is 21.3 Å². The summed E-state index contributed by atoms with van der Waals surface area (Å²) in [7, 11) is 1.60. The van der Waals surface area contributed by atoms with Gasteiger partial charge in [-0.25, -0.2) is 4.39 Å². The van der Waals surface area contributed by atoms with E-state index in [1.807, 2.05) is 6.07 Å². The third-order valence-corrected chi connectivity index (χ3v) is 3.88. The normalized spacial score (nSPS) is 19.6. The maximum Gasteiger partial charge on any atom is 0.143 e. The highest BCUT2D eigenvalue weighted by molar-refractivity contribution is 9.10. The monoisotopic (exact) mass is 301 g/mol. The Morgan fingerprint density at radius 3 is 2.94 bits per heavy atom. The summed E-state index contributed by atoms with van der Waals surface area (Å²) >= 11 is 3.26. The molecule has 1 heterocycles. The molecule has 0 saturated carbocycles. The molecule has 0 aromatic heterocycles. The van der Waals surface area contributed by atoms with Crippen molar-refractivity contribution in [3.63, 3.8) is 0 Å².